The zero-order chi connectivity index (χ0) is 8.97. The van der Waals surface area contributed by atoms with Crippen LogP contribution in [0.1, 0.15) is 5.56 Å². The fraction of sp³-hybridized carbons (Fsp3) is 0.125. The van der Waals surface area contributed by atoms with Crippen molar-refractivity contribution < 1.29 is 4.39 Å². The van der Waals surface area contributed by atoms with Gasteiger partial charge in [-0.2, -0.15) is 0 Å². The highest BCUT2D eigenvalue weighted by molar-refractivity contribution is 9.10. The first kappa shape index (κ1) is 9.52. The molecule has 0 N–H and O–H groups in total. The summed E-state index contributed by atoms with van der Waals surface area (Å²) in [5.74, 6) is -0.267. The maximum absolute atomic E-state index is 12.6. The molecule has 0 heterocycles. The Bertz CT molecular complexity index is 334. The van der Waals surface area contributed by atoms with Crippen molar-refractivity contribution in [2.75, 3.05) is 0 Å². The second-order valence-corrected chi connectivity index (χ2v) is 3.18. The smallest absolute Gasteiger partial charge is 0.124 e. The van der Waals surface area contributed by atoms with Gasteiger partial charge >= 0.3 is 0 Å². The highest BCUT2D eigenvalue weighted by atomic mass is 79.9. The Morgan fingerprint density at radius 1 is 1.58 bits per heavy atom. The fourth-order valence-corrected chi connectivity index (χ4v) is 1.31. The van der Waals surface area contributed by atoms with Crippen molar-refractivity contribution >= 4 is 33.3 Å². The van der Waals surface area contributed by atoms with Gasteiger partial charge in [-0.25, -0.2) is 9.38 Å². The number of thiocarbonyl (C=S) groups is 1. The molecular weight excluding hydrogens is 241 g/mol. The van der Waals surface area contributed by atoms with Gasteiger partial charge in [0.25, 0.3) is 0 Å². The average molecular weight is 246 g/mol. The van der Waals surface area contributed by atoms with Gasteiger partial charge in [0.15, 0.2) is 0 Å². The normalized spacial score (nSPS) is 9.17. The minimum atomic E-state index is -0.267. The van der Waals surface area contributed by atoms with Crippen LogP contribution in [0.3, 0.4) is 0 Å². The van der Waals surface area contributed by atoms with E-state index in [1.54, 1.807) is 6.07 Å². The third-order valence-corrected chi connectivity index (χ3v) is 2.20. The minimum Gasteiger partial charge on any atom is -0.228 e. The third kappa shape index (κ3) is 2.48. The Balaban J connectivity index is 2.93. The Morgan fingerprint density at radius 2 is 2.33 bits per heavy atom. The SMILES string of the molecule is Fc1ccc(CN=C=S)c(Br)c1. The van der Waals surface area contributed by atoms with Gasteiger partial charge in [-0.3, -0.25) is 0 Å². The van der Waals surface area contributed by atoms with Gasteiger partial charge in [-0.05, 0) is 29.9 Å². The molecule has 1 aromatic rings. The highest BCUT2D eigenvalue weighted by Crippen LogP contribution is 2.18. The molecule has 0 bridgehead atoms. The van der Waals surface area contributed by atoms with Crippen LogP contribution in [0.2, 0.25) is 0 Å². The van der Waals surface area contributed by atoms with Crippen molar-refractivity contribution in [3.8, 4) is 0 Å². The summed E-state index contributed by atoms with van der Waals surface area (Å²) in [4.78, 5) is 3.74. The maximum Gasteiger partial charge on any atom is 0.124 e. The van der Waals surface area contributed by atoms with Crippen LogP contribution in [-0.2, 0) is 6.54 Å². The van der Waals surface area contributed by atoms with Gasteiger partial charge < -0.3 is 0 Å². The molecule has 0 aromatic heterocycles. The molecule has 4 heteroatoms. The standard InChI is InChI=1S/C8H5BrFNS/c9-8-3-7(10)2-1-6(8)4-11-5-12/h1-3H,4H2. The summed E-state index contributed by atoms with van der Waals surface area (Å²) in [6, 6.07) is 4.45. The Labute approximate surface area is 83.4 Å². The van der Waals surface area contributed by atoms with Crippen molar-refractivity contribution in [3.63, 3.8) is 0 Å². The summed E-state index contributed by atoms with van der Waals surface area (Å²) < 4.78 is 13.3. The molecular formula is C8H5BrFNS. The van der Waals surface area contributed by atoms with E-state index in [0.717, 1.165) is 5.56 Å². The van der Waals surface area contributed by atoms with Crippen LogP contribution in [-0.4, -0.2) is 5.16 Å². The van der Waals surface area contributed by atoms with E-state index >= 15 is 0 Å². The van der Waals surface area contributed by atoms with E-state index in [1.807, 2.05) is 0 Å². The molecule has 0 unspecified atom stereocenters. The van der Waals surface area contributed by atoms with Crippen molar-refractivity contribution in [1.82, 2.24) is 0 Å². The largest absolute Gasteiger partial charge is 0.228 e. The first-order valence-corrected chi connectivity index (χ1v) is 4.41. The second-order valence-electron chi connectivity index (χ2n) is 2.14. The summed E-state index contributed by atoms with van der Waals surface area (Å²) >= 11 is 7.63. The molecule has 0 aliphatic heterocycles. The van der Waals surface area contributed by atoms with Crippen molar-refractivity contribution in [2.24, 2.45) is 4.99 Å². The number of isothiocyanates is 1. The average Bonchev–Trinajstić information content (AvgIpc) is 2.03. The Hall–Kier alpha value is -0.570. The lowest BCUT2D eigenvalue weighted by atomic mass is 10.2. The van der Waals surface area contributed by atoms with Crippen molar-refractivity contribution in [1.29, 1.82) is 0 Å². The fourth-order valence-electron chi connectivity index (χ4n) is 0.767. The number of rotatable bonds is 2. The van der Waals surface area contributed by atoms with E-state index in [-0.39, 0.29) is 5.82 Å². The lowest BCUT2D eigenvalue weighted by molar-refractivity contribution is 0.626. The zero-order valence-electron chi connectivity index (χ0n) is 6.05. The molecule has 1 nitrogen and oxygen atoms in total. The quantitative estimate of drug-likeness (QED) is 0.576. The lowest BCUT2D eigenvalue weighted by Crippen LogP contribution is -1.84. The van der Waals surface area contributed by atoms with Crippen LogP contribution in [0.4, 0.5) is 4.39 Å². The number of benzene rings is 1. The lowest BCUT2D eigenvalue weighted by Gasteiger charge is -1.98. The number of aliphatic imine (C=N–C) groups is 1. The molecule has 0 atom stereocenters. The number of halogens is 2. The number of nitrogens with zero attached hydrogens (tertiary/aromatic N) is 1. The monoisotopic (exact) mass is 245 g/mol. The molecule has 0 aliphatic rings. The second kappa shape index (κ2) is 4.45. The molecule has 0 radical (unpaired) electrons. The molecule has 1 rings (SSSR count). The van der Waals surface area contributed by atoms with E-state index in [1.165, 1.54) is 12.1 Å². The first-order chi connectivity index (χ1) is 5.74. The van der Waals surface area contributed by atoms with Crippen LogP contribution >= 0.6 is 28.1 Å². The van der Waals surface area contributed by atoms with E-state index in [9.17, 15) is 4.39 Å². The molecule has 0 aliphatic carbocycles. The Kier molecular flexibility index (Phi) is 3.53. The van der Waals surface area contributed by atoms with Gasteiger partial charge in [0.05, 0.1) is 11.7 Å². The van der Waals surface area contributed by atoms with Crippen molar-refractivity contribution in [3.05, 3.63) is 34.1 Å². The molecule has 12 heavy (non-hydrogen) atoms. The van der Waals surface area contributed by atoms with Crippen LogP contribution in [0, 0.1) is 5.82 Å². The summed E-state index contributed by atoms with van der Waals surface area (Å²) in [7, 11) is 0. The predicted octanol–water partition coefficient (Wildman–Crippen LogP) is 3.19. The summed E-state index contributed by atoms with van der Waals surface area (Å²) in [5, 5.41) is 2.25. The van der Waals surface area contributed by atoms with E-state index < -0.39 is 0 Å². The van der Waals surface area contributed by atoms with Gasteiger partial charge in [-0.1, -0.05) is 22.0 Å². The van der Waals surface area contributed by atoms with E-state index in [4.69, 9.17) is 0 Å². The number of hydrogen-bond donors (Lipinski definition) is 0. The van der Waals surface area contributed by atoms with E-state index in [2.05, 4.69) is 38.3 Å². The summed E-state index contributed by atoms with van der Waals surface area (Å²) in [6.45, 7) is 0.435. The van der Waals surface area contributed by atoms with Gasteiger partial charge in [0, 0.05) is 4.47 Å². The maximum atomic E-state index is 12.6. The predicted molar refractivity (Wildman–Crippen MR) is 52.8 cm³/mol. The summed E-state index contributed by atoms with van der Waals surface area (Å²) in [5.41, 5.74) is 0.897. The van der Waals surface area contributed by atoms with Crippen molar-refractivity contribution in [2.45, 2.75) is 6.54 Å². The highest BCUT2D eigenvalue weighted by Gasteiger charge is 1.99. The Morgan fingerprint density at radius 3 is 2.92 bits per heavy atom. The van der Waals surface area contributed by atoms with Gasteiger partial charge in [0.1, 0.15) is 5.82 Å². The molecule has 0 fully saturated rings. The topological polar surface area (TPSA) is 12.4 Å². The van der Waals surface area contributed by atoms with Crippen LogP contribution < -0.4 is 0 Å². The van der Waals surface area contributed by atoms with Crippen LogP contribution in [0.15, 0.2) is 27.7 Å². The molecule has 0 spiro atoms. The molecule has 62 valence electrons. The van der Waals surface area contributed by atoms with Crippen LogP contribution in [0.5, 0.6) is 0 Å². The van der Waals surface area contributed by atoms with Gasteiger partial charge in [0.2, 0.25) is 0 Å². The molecule has 0 amide bonds. The molecule has 0 saturated heterocycles. The van der Waals surface area contributed by atoms with Crippen LogP contribution in [0.25, 0.3) is 0 Å². The number of hydrogen-bond acceptors (Lipinski definition) is 2. The van der Waals surface area contributed by atoms with E-state index in [0.29, 0.717) is 11.0 Å². The molecule has 1 aromatic carbocycles. The first-order valence-electron chi connectivity index (χ1n) is 3.21. The zero-order valence-corrected chi connectivity index (χ0v) is 8.45. The van der Waals surface area contributed by atoms with Gasteiger partial charge in [-0.15, -0.1) is 0 Å². The minimum absolute atomic E-state index is 0.267. The third-order valence-electron chi connectivity index (χ3n) is 1.33. The molecule has 0 saturated carbocycles. The summed E-state index contributed by atoms with van der Waals surface area (Å²) in [6.07, 6.45) is 0.